The van der Waals surface area contributed by atoms with Gasteiger partial charge in [0.2, 0.25) is 5.91 Å². The smallest absolute Gasteiger partial charge is 0.280 e. The highest BCUT2D eigenvalue weighted by molar-refractivity contribution is 8.13. The van der Waals surface area contributed by atoms with Gasteiger partial charge in [0.1, 0.15) is 6.04 Å². The second-order valence-electron chi connectivity index (χ2n) is 2.68. The van der Waals surface area contributed by atoms with Crippen LogP contribution in [0.15, 0.2) is 17.6 Å². The summed E-state index contributed by atoms with van der Waals surface area (Å²) in [6.07, 6.45) is 2.34. The number of carbonyl (C=O) groups is 1. The molecule has 8 heteroatoms. The molecule has 0 aliphatic heterocycles. The van der Waals surface area contributed by atoms with E-state index in [-0.39, 0.29) is 5.03 Å². The van der Waals surface area contributed by atoms with Crippen LogP contribution in [0.1, 0.15) is 13.0 Å². The number of carbonyl (C=O) groups excluding carboxylic acids is 1. The lowest BCUT2D eigenvalue weighted by Gasteiger charge is -2.06. The lowest BCUT2D eigenvalue weighted by molar-refractivity contribution is -0.120. The van der Waals surface area contributed by atoms with E-state index in [4.69, 9.17) is 16.4 Å². The Bertz CT molecular complexity index is 453. The van der Waals surface area contributed by atoms with E-state index in [0.29, 0.717) is 0 Å². The van der Waals surface area contributed by atoms with Crippen LogP contribution in [0.5, 0.6) is 0 Å². The zero-order chi connectivity index (χ0) is 10.9. The molecule has 0 saturated heterocycles. The molecule has 0 aliphatic carbocycles. The van der Waals surface area contributed by atoms with E-state index in [1.54, 1.807) is 0 Å². The van der Waals surface area contributed by atoms with Crippen molar-refractivity contribution in [2.24, 2.45) is 5.73 Å². The predicted octanol–water partition coefficient (Wildman–Crippen LogP) is -0.143. The Labute approximate surface area is 85.1 Å². The molecule has 0 saturated carbocycles. The summed E-state index contributed by atoms with van der Waals surface area (Å²) in [5, 5.41) is -0.299. The van der Waals surface area contributed by atoms with Gasteiger partial charge in [0.05, 0.1) is 6.33 Å². The van der Waals surface area contributed by atoms with Crippen LogP contribution in [0.4, 0.5) is 0 Å². The average molecular weight is 238 g/mol. The van der Waals surface area contributed by atoms with E-state index >= 15 is 0 Å². The van der Waals surface area contributed by atoms with Gasteiger partial charge < -0.3 is 10.3 Å². The first-order valence-corrected chi connectivity index (χ1v) is 5.91. The molecular weight excluding hydrogens is 230 g/mol. The molecule has 1 atom stereocenters. The van der Waals surface area contributed by atoms with Crippen LogP contribution in [0.2, 0.25) is 0 Å². The quantitative estimate of drug-likeness (QED) is 0.740. The summed E-state index contributed by atoms with van der Waals surface area (Å²) < 4.78 is 22.9. The van der Waals surface area contributed by atoms with Crippen LogP contribution < -0.4 is 5.73 Å². The molecule has 1 unspecified atom stereocenters. The first-order valence-electron chi connectivity index (χ1n) is 3.60. The van der Waals surface area contributed by atoms with Crippen molar-refractivity contribution in [1.82, 2.24) is 9.55 Å². The molecule has 1 rings (SSSR count). The summed E-state index contributed by atoms with van der Waals surface area (Å²) in [4.78, 5) is 14.3. The maximum atomic E-state index is 10.8. The average Bonchev–Trinajstić information content (AvgIpc) is 2.49. The molecule has 1 amide bonds. The Kier molecular flexibility index (Phi) is 2.81. The van der Waals surface area contributed by atoms with Crippen molar-refractivity contribution >= 4 is 25.6 Å². The van der Waals surface area contributed by atoms with Crippen molar-refractivity contribution in [3.05, 3.63) is 12.5 Å². The highest BCUT2D eigenvalue weighted by Crippen LogP contribution is 2.14. The zero-order valence-electron chi connectivity index (χ0n) is 7.21. The van der Waals surface area contributed by atoms with Gasteiger partial charge in [-0.15, -0.1) is 0 Å². The van der Waals surface area contributed by atoms with Crippen LogP contribution in [0, 0.1) is 0 Å². The maximum Gasteiger partial charge on any atom is 0.280 e. The third-order valence-corrected chi connectivity index (χ3v) is 2.87. The molecule has 0 aromatic carbocycles. The molecule has 1 aromatic heterocycles. The number of imidazole rings is 1. The minimum atomic E-state index is -3.85. The molecule has 1 aromatic rings. The fourth-order valence-electron chi connectivity index (χ4n) is 0.802. The normalized spacial score (nSPS) is 13.9. The van der Waals surface area contributed by atoms with Gasteiger partial charge in [-0.3, -0.25) is 4.79 Å². The van der Waals surface area contributed by atoms with Gasteiger partial charge in [0.15, 0.2) is 5.03 Å². The Morgan fingerprint density at radius 3 is 2.64 bits per heavy atom. The third kappa shape index (κ3) is 2.24. The van der Waals surface area contributed by atoms with E-state index < -0.39 is 21.0 Å². The number of amides is 1. The monoisotopic (exact) mass is 237 g/mol. The number of aromatic nitrogens is 2. The van der Waals surface area contributed by atoms with Gasteiger partial charge in [-0.1, -0.05) is 0 Å². The summed E-state index contributed by atoms with van der Waals surface area (Å²) in [5.74, 6) is -0.582. The second-order valence-corrected chi connectivity index (χ2v) is 5.19. The van der Waals surface area contributed by atoms with Crippen molar-refractivity contribution in [2.75, 3.05) is 0 Å². The topological polar surface area (TPSA) is 95.1 Å². The first kappa shape index (κ1) is 11.0. The lowest BCUT2D eigenvalue weighted by atomic mass is 10.3. The molecule has 0 aliphatic rings. The van der Waals surface area contributed by atoms with E-state index in [1.807, 2.05) is 0 Å². The minimum Gasteiger partial charge on any atom is -0.368 e. The summed E-state index contributed by atoms with van der Waals surface area (Å²) in [5.41, 5.74) is 5.02. The fraction of sp³-hybridized carbons (Fsp3) is 0.333. The van der Waals surface area contributed by atoms with Crippen LogP contribution in [-0.2, 0) is 13.8 Å². The van der Waals surface area contributed by atoms with E-state index in [2.05, 4.69) is 4.98 Å². The Balaban J connectivity index is 3.06. The van der Waals surface area contributed by atoms with Crippen LogP contribution in [0.3, 0.4) is 0 Å². The van der Waals surface area contributed by atoms with Crippen molar-refractivity contribution in [3.8, 4) is 0 Å². The van der Waals surface area contributed by atoms with Crippen LogP contribution >= 0.6 is 10.7 Å². The van der Waals surface area contributed by atoms with Gasteiger partial charge >= 0.3 is 0 Å². The highest BCUT2D eigenvalue weighted by Gasteiger charge is 2.17. The number of nitrogens with two attached hydrogens (primary N) is 1. The van der Waals surface area contributed by atoms with Crippen LogP contribution in [0.25, 0.3) is 0 Å². The van der Waals surface area contributed by atoms with Crippen molar-refractivity contribution < 1.29 is 13.2 Å². The summed E-state index contributed by atoms with van der Waals surface area (Å²) >= 11 is 0. The zero-order valence-corrected chi connectivity index (χ0v) is 8.79. The summed E-state index contributed by atoms with van der Waals surface area (Å²) in [6, 6.07) is -0.658. The van der Waals surface area contributed by atoms with Crippen molar-refractivity contribution in [3.63, 3.8) is 0 Å². The fourth-order valence-corrected chi connectivity index (χ4v) is 1.46. The molecule has 6 nitrogen and oxygen atoms in total. The number of nitrogens with zero attached hydrogens (tertiary/aromatic N) is 2. The summed E-state index contributed by atoms with van der Waals surface area (Å²) in [6.45, 7) is 1.52. The molecule has 14 heavy (non-hydrogen) atoms. The molecule has 1 heterocycles. The van der Waals surface area contributed by atoms with Crippen molar-refractivity contribution in [1.29, 1.82) is 0 Å². The molecular formula is C6H8ClN3O3S. The standard InChI is InChI=1S/C6H8ClN3O3S/c1-4(6(8)11)10-2-5(9-3-10)14(7,12)13/h2-4H,1H3,(H2,8,11). The molecule has 0 bridgehead atoms. The molecule has 0 fully saturated rings. The van der Waals surface area contributed by atoms with E-state index in [9.17, 15) is 13.2 Å². The highest BCUT2D eigenvalue weighted by atomic mass is 35.7. The predicted molar refractivity (Wildman–Crippen MR) is 49.2 cm³/mol. The van der Waals surface area contributed by atoms with Gasteiger partial charge in [-0.2, -0.15) is 0 Å². The maximum absolute atomic E-state index is 10.8. The minimum absolute atomic E-state index is 0.299. The number of primary amides is 1. The molecule has 2 N–H and O–H groups in total. The van der Waals surface area contributed by atoms with E-state index in [1.165, 1.54) is 17.8 Å². The van der Waals surface area contributed by atoms with Gasteiger partial charge in [0.25, 0.3) is 9.05 Å². The van der Waals surface area contributed by atoms with Crippen molar-refractivity contribution in [2.45, 2.75) is 18.0 Å². The van der Waals surface area contributed by atoms with Gasteiger partial charge in [-0.25, -0.2) is 13.4 Å². The van der Waals surface area contributed by atoms with Gasteiger partial charge in [-0.05, 0) is 6.92 Å². The number of rotatable bonds is 3. The largest absolute Gasteiger partial charge is 0.368 e. The lowest BCUT2D eigenvalue weighted by Crippen LogP contribution is -2.22. The first-order chi connectivity index (χ1) is 6.32. The SMILES string of the molecule is CC(C(N)=O)n1cnc(S(=O)(=O)Cl)c1. The van der Waals surface area contributed by atoms with Gasteiger partial charge in [0, 0.05) is 16.9 Å². The number of halogens is 1. The molecule has 0 spiro atoms. The Morgan fingerprint density at radius 1 is 1.71 bits per heavy atom. The van der Waals surface area contributed by atoms with Crippen LogP contribution in [-0.4, -0.2) is 23.9 Å². The Hall–Kier alpha value is -1.08. The Morgan fingerprint density at radius 2 is 2.29 bits per heavy atom. The third-order valence-electron chi connectivity index (χ3n) is 1.69. The van der Waals surface area contributed by atoms with E-state index in [0.717, 1.165) is 6.20 Å². The molecule has 78 valence electrons. The molecule has 0 radical (unpaired) electrons. The number of hydrogen-bond acceptors (Lipinski definition) is 4. The second kappa shape index (κ2) is 3.58. The summed E-state index contributed by atoms with van der Waals surface area (Å²) in [7, 11) is 1.18. The number of hydrogen-bond donors (Lipinski definition) is 1.